The fourth-order valence-electron chi connectivity index (χ4n) is 5.33. The van der Waals surface area contributed by atoms with Crippen LogP contribution in [-0.2, 0) is 24.0 Å². The quantitative estimate of drug-likeness (QED) is 0.183. The van der Waals surface area contributed by atoms with E-state index in [0.29, 0.717) is 6.42 Å². The molecule has 13 heteroatoms. The van der Waals surface area contributed by atoms with E-state index in [9.17, 15) is 28.8 Å². The van der Waals surface area contributed by atoms with Crippen LogP contribution in [0.5, 0.6) is 0 Å². The van der Waals surface area contributed by atoms with Gasteiger partial charge in [0.1, 0.15) is 16.9 Å². The largest absolute Gasteiger partial charge is 0.363 e. The second kappa shape index (κ2) is 13.3. The zero-order valence-electron chi connectivity index (χ0n) is 24.4. The van der Waals surface area contributed by atoms with E-state index in [4.69, 9.17) is 28.9 Å². The summed E-state index contributed by atoms with van der Waals surface area (Å²) in [6, 6.07) is -4.67. The molecule has 1 saturated heterocycles. The van der Waals surface area contributed by atoms with Gasteiger partial charge in [-0.2, -0.15) is 0 Å². The number of carbonyl (C=O) groups is 6. The van der Waals surface area contributed by atoms with Gasteiger partial charge in [-0.15, -0.1) is 23.2 Å². The molecule has 1 unspecified atom stereocenters. The van der Waals surface area contributed by atoms with Crippen molar-refractivity contribution in [1.82, 2.24) is 20.9 Å². The molecule has 230 valence electrons. The summed E-state index contributed by atoms with van der Waals surface area (Å²) in [7, 11) is 0. The summed E-state index contributed by atoms with van der Waals surface area (Å²) in [5.74, 6) is -3.91. The number of urea groups is 1. The lowest BCUT2D eigenvalue weighted by Crippen LogP contribution is -2.62. The average Bonchev–Trinajstić information content (AvgIpc) is 3.81. The van der Waals surface area contributed by atoms with Crippen LogP contribution in [0.2, 0.25) is 0 Å². The van der Waals surface area contributed by atoms with Gasteiger partial charge in [-0.05, 0) is 42.9 Å². The van der Waals surface area contributed by atoms with Gasteiger partial charge < -0.3 is 26.6 Å². The second-order valence-electron chi connectivity index (χ2n) is 13.0. The Labute approximate surface area is 251 Å². The van der Waals surface area contributed by atoms with E-state index in [1.165, 1.54) is 4.90 Å². The van der Waals surface area contributed by atoms with Crippen molar-refractivity contribution in [2.24, 2.45) is 34.8 Å². The van der Waals surface area contributed by atoms with E-state index in [0.717, 1.165) is 25.7 Å². The Bertz CT molecular complexity index is 1050. The second-order valence-corrected chi connectivity index (χ2v) is 14.2. The van der Waals surface area contributed by atoms with Gasteiger partial charge in [0.2, 0.25) is 17.6 Å². The number of nitrogens with two attached hydrogens (primary N) is 1. The number of alkyl halides is 2. The Morgan fingerprint density at radius 2 is 1.54 bits per heavy atom. The summed E-state index contributed by atoms with van der Waals surface area (Å²) in [6.07, 6.45) is 3.96. The fraction of sp³-hybridized carbons (Fsp3) is 0.786. The van der Waals surface area contributed by atoms with E-state index in [1.54, 1.807) is 20.8 Å². The first-order valence-corrected chi connectivity index (χ1v) is 15.2. The van der Waals surface area contributed by atoms with E-state index in [-0.39, 0.29) is 36.5 Å². The predicted octanol–water partition coefficient (Wildman–Crippen LogP) is 2.06. The lowest BCUT2D eigenvalue weighted by atomic mass is 9.85. The number of primary amides is 1. The summed E-state index contributed by atoms with van der Waals surface area (Å²) in [6.45, 7) is 9.16. The minimum absolute atomic E-state index is 0.0190. The van der Waals surface area contributed by atoms with Gasteiger partial charge in [0.15, 0.2) is 5.78 Å². The molecule has 3 aliphatic rings. The maximum absolute atomic E-state index is 14.0. The van der Waals surface area contributed by atoms with E-state index in [1.807, 2.05) is 13.8 Å². The molecule has 5 atom stereocenters. The van der Waals surface area contributed by atoms with Crippen molar-refractivity contribution in [3.8, 4) is 0 Å². The Morgan fingerprint density at radius 3 is 2.00 bits per heavy atom. The van der Waals surface area contributed by atoms with E-state index in [2.05, 4.69) is 16.0 Å². The monoisotopic (exact) mass is 615 g/mol. The van der Waals surface area contributed by atoms with Crippen LogP contribution in [0.15, 0.2) is 0 Å². The van der Waals surface area contributed by atoms with Crippen LogP contribution in [0.3, 0.4) is 0 Å². The Balaban J connectivity index is 1.81. The van der Waals surface area contributed by atoms with Crippen LogP contribution in [-0.4, -0.2) is 75.8 Å². The van der Waals surface area contributed by atoms with Crippen LogP contribution in [0, 0.1) is 29.1 Å². The Morgan fingerprint density at radius 1 is 0.927 bits per heavy atom. The Hall–Kier alpha value is -2.40. The van der Waals surface area contributed by atoms with Crippen molar-refractivity contribution in [3.05, 3.63) is 0 Å². The smallest absolute Gasteiger partial charge is 0.316 e. The molecule has 5 N–H and O–H groups in total. The highest BCUT2D eigenvalue weighted by Gasteiger charge is 2.49. The minimum Gasteiger partial charge on any atom is -0.363 e. The first-order chi connectivity index (χ1) is 19.0. The average molecular weight is 617 g/mol. The molecular formula is C28H43Cl2N5O6. The summed E-state index contributed by atoms with van der Waals surface area (Å²) < 4.78 is 0. The van der Waals surface area contributed by atoms with Crippen molar-refractivity contribution in [3.63, 3.8) is 0 Å². The molecule has 1 aliphatic heterocycles. The number of likely N-dealkylation sites (tertiary alicyclic amines) is 1. The molecule has 2 saturated carbocycles. The van der Waals surface area contributed by atoms with Crippen molar-refractivity contribution in [1.29, 1.82) is 0 Å². The highest BCUT2D eigenvalue weighted by atomic mass is 35.5. The molecule has 0 aromatic carbocycles. The molecule has 0 aromatic rings. The van der Waals surface area contributed by atoms with Gasteiger partial charge in [-0.1, -0.05) is 47.5 Å². The number of carbonyl (C=O) groups excluding carboxylic acids is 6. The van der Waals surface area contributed by atoms with Crippen LogP contribution in [0.4, 0.5) is 4.79 Å². The summed E-state index contributed by atoms with van der Waals surface area (Å²) >= 11 is 12.5. The molecule has 5 amide bonds. The van der Waals surface area contributed by atoms with Gasteiger partial charge >= 0.3 is 6.03 Å². The third-order valence-electron chi connectivity index (χ3n) is 8.09. The number of hydrogen-bond acceptors (Lipinski definition) is 6. The third-order valence-corrected chi connectivity index (χ3v) is 8.74. The number of ketones is 2. The van der Waals surface area contributed by atoms with Gasteiger partial charge in [-0.25, -0.2) is 4.79 Å². The number of nitrogens with zero attached hydrogens (tertiary/aromatic N) is 1. The van der Waals surface area contributed by atoms with E-state index >= 15 is 0 Å². The van der Waals surface area contributed by atoms with Crippen LogP contribution in [0.1, 0.15) is 73.1 Å². The van der Waals surface area contributed by atoms with Crippen molar-refractivity contribution in [2.45, 2.75) is 102 Å². The van der Waals surface area contributed by atoms with E-state index < -0.39 is 69.9 Å². The topological polar surface area (TPSA) is 168 Å². The number of halogens is 2. The number of Topliss-reactive ketones (excluding diaryl/α,β-unsaturated/α-hetero) is 2. The lowest BCUT2D eigenvalue weighted by Gasteiger charge is -2.37. The van der Waals surface area contributed by atoms with Crippen LogP contribution < -0.4 is 21.7 Å². The molecule has 1 heterocycles. The summed E-state index contributed by atoms with van der Waals surface area (Å²) in [4.78, 5) is 77.9. The minimum atomic E-state index is -1.15. The molecule has 11 nitrogen and oxygen atoms in total. The maximum Gasteiger partial charge on any atom is 0.316 e. The molecule has 2 aliphatic carbocycles. The molecule has 3 fully saturated rings. The van der Waals surface area contributed by atoms with Gasteiger partial charge in [0, 0.05) is 18.4 Å². The number of nitrogens with one attached hydrogen (secondary N) is 3. The SMILES string of the molecule is CC(C)[C@H](NC(=O)N[C@H](C(=O)N1CC[C@H](C(Cl)Cl)[C@H]1C(=O)NC(CC1CC1)C(=O)C(N)=O)C(C)(C)C)C(=O)C1CC1. The molecular weight excluding hydrogens is 573 g/mol. The van der Waals surface area contributed by atoms with Crippen molar-refractivity contribution in [2.75, 3.05) is 6.54 Å². The molecule has 3 rings (SSSR count). The van der Waals surface area contributed by atoms with Crippen molar-refractivity contribution < 1.29 is 28.8 Å². The Kier molecular flexibility index (Phi) is 10.7. The van der Waals surface area contributed by atoms with Gasteiger partial charge in [0.05, 0.1) is 12.1 Å². The zero-order valence-corrected chi connectivity index (χ0v) is 25.9. The molecule has 0 bridgehead atoms. The fourth-order valence-corrected chi connectivity index (χ4v) is 5.85. The van der Waals surface area contributed by atoms with Gasteiger partial charge in [-0.3, -0.25) is 24.0 Å². The summed E-state index contributed by atoms with van der Waals surface area (Å²) in [5, 5.41) is 8.11. The highest BCUT2D eigenvalue weighted by molar-refractivity contribution is 6.44. The highest BCUT2D eigenvalue weighted by Crippen LogP contribution is 2.36. The number of rotatable bonds is 13. The van der Waals surface area contributed by atoms with Crippen LogP contribution in [0.25, 0.3) is 0 Å². The summed E-state index contributed by atoms with van der Waals surface area (Å²) in [5.41, 5.74) is 4.45. The van der Waals surface area contributed by atoms with Gasteiger partial charge in [0.25, 0.3) is 5.91 Å². The van der Waals surface area contributed by atoms with Crippen molar-refractivity contribution >= 4 is 58.5 Å². The standard InChI is InChI=1S/C28H43Cl2N5O6/c1-13(2)18(20(36)15-8-9-15)33-27(41)34-22(28(3,4)5)26(40)35-11-10-16(23(29)30)19(35)25(39)32-17(12-14-6-7-14)21(37)24(31)38/h13-19,22-23H,6-12H2,1-5H3,(H2,31,38)(H,32,39)(H2,33,34,41)/t16-,17?,18-,19-,22+/m0/s1. The first kappa shape index (κ1) is 33.1. The number of amides is 5. The molecule has 41 heavy (non-hydrogen) atoms. The maximum atomic E-state index is 14.0. The molecule has 0 aromatic heterocycles. The molecule has 0 radical (unpaired) electrons. The number of hydrogen-bond donors (Lipinski definition) is 4. The molecule has 0 spiro atoms. The van der Waals surface area contributed by atoms with Crippen LogP contribution >= 0.6 is 23.2 Å². The first-order valence-electron chi connectivity index (χ1n) is 14.4. The third kappa shape index (κ3) is 8.56. The zero-order chi connectivity index (χ0) is 30.8. The lowest BCUT2D eigenvalue weighted by molar-refractivity contribution is -0.144. The predicted molar refractivity (Wildman–Crippen MR) is 154 cm³/mol. The normalized spacial score (nSPS) is 23.1.